The summed E-state index contributed by atoms with van der Waals surface area (Å²) in [6.07, 6.45) is -0.977. The maximum absolute atomic E-state index is 12.5. The number of ether oxygens (including phenoxy) is 1. The van der Waals surface area contributed by atoms with E-state index in [2.05, 4.69) is 15.1 Å². The van der Waals surface area contributed by atoms with Crippen LogP contribution in [0.4, 0.5) is 5.69 Å². The highest BCUT2D eigenvalue weighted by molar-refractivity contribution is 5.98. The third-order valence-electron chi connectivity index (χ3n) is 3.91. The number of rotatable bonds is 4. The maximum atomic E-state index is 12.5. The molecule has 134 valence electrons. The van der Waals surface area contributed by atoms with Gasteiger partial charge < -0.3 is 9.64 Å². The Kier molecular flexibility index (Phi) is 4.66. The third kappa shape index (κ3) is 3.39. The highest BCUT2D eigenvalue weighted by Gasteiger charge is 2.25. The topological polar surface area (TPSA) is 89.7 Å². The van der Waals surface area contributed by atoms with Crippen molar-refractivity contribution >= 4 is 23.3 Å². The molecule has 1 aromatic carbocycles. The van der Waals surface area contributed by atoms with E-state index in [4.69, 9.17) is 4.74 Å². The molecule has 0 fully saturated rings. The fourth-order valence-corrected chi connectivity index (χ4v) is 2.57. The predicted octanol–water partition coefficient (Wildman–Crippen LogP) is 1.95. The van der Waals surface area contributed by atoms with Gasteiger partial charge in [0.1, 0.15) is 0 Å². The Balaban J connectivity index is 1.75. The normalized spacial score (nSPS) is 12.0. The van der Waals surface area contributed by atoms with Crippen LogP contribution in [0.2, 0.25) is 0 Å². The lowest BCUT2D eigenvalue weighted by molar-refractivity contribution is -0.126. The molecule has 26 heavy (non-hydrogen) atoms. The summed E-state index contributed by atoms with van der Waals surface area (Å²) in [5.74, 6) is -0.934. The molecule has 0 saturated heterocycles. The Morgan fingerprint density at radius 3 is 2.54 bits per heavy atom. The molecule has 2 aromatic heterocycles. The molecule has 0 radical (unpaired) electrons. The van der Waals surface area contributed by atoms with E-state index in [1.807, 2.05) is 38.1 Å². The van der Waals surface area contributed by atoms with E-state index in [0.717, 1.165) is 11.4 Å². The second kappa shape index (κ2) is 6.91. The van der Waals surface area contributed by atoms with Crippen LogP contribution < -0.4 is 4.90 Å². The van der Waals surface area contributed by atoms with E-state index in [9.17, 15) is 9.59 Å². The number of carbonyl (C=O) groups excluding carboxylic acids is 2. The molecule has 0 saturated carbocycles. The number of para-hydroxylation sites is 1. The number of aryl methyl sites for hydroxylation is 2. The standard InChI is InChI=1S/C18H19N5O3/c1-11-10-12(2)23-18(19-11)20-15(21-23)17(25)26-13(3)16(24)22(4)14-8-6-5-7-9-14/h5-10,13H,1-4H3/t13-/m1/s1. The first-order chi connectivity index (χ1) is 12.4. The van der Waals surface area contributed by atoms with Gasteiger partial charge in [-0.2, -0.15) is 4.98 Å². The zero-order valence-electron chi connectivity index (χ0n) is 15.0. The van der Waals surface area contributed by atoms with Crippen LogP contribution in [0.15, 0.2) is 36.4 Å². The molecule has 0 aliphatic heterocycles. The van der Waals surface area contributed by atoms with Crippen LogP contribution in [0.25, 0.3) is 5.78 Å². The fraction of sp³-hybridized carbons (Fsp3) is 0.278. The number of aromatic nitrogens is 4. The maximum Gasteiger partial charge on any atom is 0.379 e. The average molecular weight is 353 g/mol. The molecule has 8 heteroatoms. The molecule has 0 N–H and O–H groups in total. The number of benzene rings is 1. The van der Waals surface area contributed by atoms with Gasteiger partial charge in [-0.1, -0.05) is 18.2 Å². The lowest BCUT2D eigenvalue weighted by Gasteiger charge is -2.21. The van der Waals surface area contributed by atoms with Crippen LogP contribution in [-0.2, 0) is 9.53 Å². The fourth-order valence-electron chi connectivity index (χ4n) is 2.57. The zero-order valence-corrected chi connectivity index (χ0v) is 15.0. The Hall–Kier alpha value is -3.29. The number of likely N-dealkylation sites (N-methyl/N-ethyl adjacent to an activating group) is 1. The van der Waals surface area contributed by atoms with E-state index >= 15 is 0 Å². The molecule has 1 atom stereocenters. The number of hydrogen-bond donors (Lipinski definition) is 0. The summed E-state index contributed by atoms with van der Waals surface area (Å²) in [6, 6.07) is 10.9. The van der Waals surface area contributed by atoms with Gasteiger partial charge in [0.2, 0.25) is 0 Å². The van der Waals surface area contributed by atoms with Crippen molar-refractivity contribution in [2.75, 3.05) is 11.9 Å². The first-order valence-corrected chi connectivity index (χ1v) is 8.11. The van der Waals surface area contributed by atoms with Crippen LogP contribution >= 0.6 is 0 Å². The summed E-state index contributed by atoms with van der Waals surface area (Å²) >= 11 is 0. The van der Waals surface area contributed by atoms with Gasteiger partial charge in [-0.05, 0) is 39.0 Å². The van der Waals surface area contributed by atoms with Crippen molar-refractivity contribution in [2.24, 2.45) is 0 Å². The number of esters is 1. The third-order valence-corrected chi connectivity index (χ3v) is 3.91. The van der Waals surface area contributed by atoms with E-state index in [0.29, 0.717) is 11.5 Å². The van der Waals surface area contributed by atoms with Gasteiger partial charge in [0.25, 0.3) is 17.5 Å². The van der Waals surface area contributed by atoms with Crippen molar-refractivity contribution in [3.63, 3.8) is 0 Å². The molecule has 0 aliphatic rings. The molecule has 3 aromatic rings. The van der Waals surface area contributed by atoms with E-state index in [1.165, 1.54) is 16.3 Å². The zero-order chi connectivity index (χ0) is 18.8. The molecule has 8 nitrogen and oxygen atoms in total. The summed E-state index contributed by atoms with van der Waals surface area (Å²) in [5.41, 5.74) is 2.28. The first-order valence-electron chi connectivity index (χ1n) is 8.11. The quantitative estimate of drug-likeness (QED) is 0.666. The second-order valence-corrected chi connectivity index (χ2v) is 5.97. The number of hydrogen-bond acceptors (Lipinski definition) is 6. The largest absolute Gasteiger partial charge is 0.447 e. The highest BCUT2D eigenvalue weighted by Crippen LogP contribution is 2.14. The van der Waals surface area contributed by atoms with Crippen molar-refractivity contribution in [1.82, 2.24) is 19.6 Å². The molecular formula is C18H19N5O3. The number of anilines is 1. The molecule has 0 bridgehead atoms. The summed E-state index contributed by atoms with van der Waals surface area (Å²) < 4.78 is 6.71. The van der Waals surface area contributed by atoms with Gasteiger partial charge in [-0.25, -0.2) is 14.3 Å². The van der Waals surface area contributed by atoms with Gasteiger partial charge in [-0.3, -0.25) is 4.79 Å². The smallest absolute Gasteiger partial charge is 0.379 e. The number of carbonyl (C=O) groups is 2. The van der Waals surface area contributed by atoms with Crippen molar-refractivity contribution in [3.8, 4) is 0 Å². The molecule has 3 rings (SSSR count). The van der Waals surface area contributed by atoms with Crippen molar-refractivity contribution in [2.45, 2.75) is 26.9 Å². The Bertz CT molecular complexity index is 968. The molecule has 0 spiro atoms. The van der Waals surface area contributed by atoms with E-state index in [1.54, 1.807) is 19.2 Å². The van der Waals surface area contributed by atoms with Crippen LogP contribution in [-0.4, -0.2) is 44.6 Å². The molecule has 1 amide bonds. The number of amides is 1. The molecular weight excluding hydrogens is 334 g/mol. The van der Waals surface area contributed by atoms with Gasteiger partial charge in [0.05, 0.1) is 0 Å². The Morgan fingerprint density at radius 2 is 1.85 bits per heavy atom. The number of nitrogens with zero attached hydrogens (tertiary/aromatic N) is 5. The van der Waals surface area contributed by atoms with Crippen LogP contribution in [0.1, 0.15) is 28.9 Å². The molecule has 2 heterocycles. The van der Waals surface area contributed by atoms with Gasteiger partial charge >= 0.3 is 5.97 Å². The average Bonchev–Trinajstić information content (AvgIpc) is 3.05. The molecule has 0 unspecified atom stereocenters. The minimum Gasteiger partial charge on any atom is -0.447 e. The Labute approximate surface area is 150 Å². The minimum atomic E-state index is -0.977. The van der Waals surface area contributed by atoms with E-state index in [-0.39, 0.29) is 11.7 Å². The van der Waals surface area contributed by atoms with Crippen LogP contribution in [0, 0.1) is 13.8 Å². The van der Waals surface area contributed by atoms with Gasteiger partial charge in [0.15, 0.2) is 6.10 Å². The molecule has 0 aliphatic carbocycles. The van der Waals surface area contributed by atoms with Gasteiger partial charge in [-0.15, -0.1) is 5.10 Å². The summed E-state index contributed by atoms with van der Waals surface area (Å²) in [4.78, 5) is 34.6. The van der Waals surface area contributed by atoms with Gasteiger partial charge in [0, 0.05) is 24.1 Å². The summed E-state index contributed by atoms with van der Waals surface area (Å²) in [6.45, 7) is 5.19. The Morgan fingerprint density at radius 1 is 1.15 bits per heavy atom. The lowest BCUT2D eigenvalue weighted by Crippen LogP contribution is -2.37. The van der Waals surface area contributed by atoms with Crippen LogP contribution in [0.5, 0.6) is 0 Å². The van der Waals surface area contributed by atoms with Crippen LogP contribution in [0.3, 0.4) is 0 Å². The predicted molar refractivity (Wildman–Crippen MR) is 95.0 cm³/mol. The van der Waals surface area contributed by atoms with E-state index < -0.39 is 12.1 Å². The van der Waals surface area contributed by atoms with Crippen molar-refractivity contribution in [3.05, 3.63) is 53.6 Å². The number of fused-ring (bicyclic) bond motifs is 1. The SMILES string of the molecule is Cc1cc(C)n2nc(C(=O)O[C@H](C)C(=O)N(C)c3ccccc3)nc2n1. The minimum absolute atomic E-state index is 0.131. The second-order valence-electron chi connectivity index (χ2n) is 5.97. The van der Waals surface area contributed by atoms with Crippen molar-refractivity contribution in [1.29, 1.82) is 0 Å². The monoisotopic (exact) mass is 353 g/mol. The van der Waals surface area contributed by atoms with Crippen molar-refractivity contribution < 1.29 is 14.3 Å². The summed E-state index contributed by atoms with van der Waals surface area (Å²) in [5, 5.41) is 4.11. The highest BCUT2D eigenvalue weighted by atomic mass is 16.5. The lowest BCUT2D eigenvalue weighted by atomic mass is 10.2. The first kappa shape index (κ1) is 17.5. The summed E-state index contributed by atoms with van der Waals surface area (Å²) in [7, 11) is 1.63.